The highest BCUT2D eigenvalue weighted by Crippen LogP contribution is 2.28. The molecule has 1 aromatic carbocycles. The van der Waals surface area contributed by atoms with E-state index in [2.05, 4.69) is 31.5 Å². The van der Waals surface area contributed by atoms with E-state index in [1.54, 1.807) is 6.07 Å². The molecule has 0 amide bonds. The lowest BCUT2D eigenvalue weighted by Crippen LogP contribution is -2.04. The fourth-order valence-corrected chi connectivity index (χ4v) is 2.07. The van der Waals surface area contributed by atoms with Crippen molar-refractivity contribution in [2.75, 3.05) is 17.2 Å². The smallest absolute Gasteiger partial charge is 0.311 e. The van der Waals surface area contributed by atoms with Crippen LogP contribution in [0.3, 0.4) is 0 Å². The van der Waals surface area contributed by atoms with Crippen LogP contribution < -0.4 is 10.6 Å². The van der Waals surface area contributed by atoms with E-state index >= 15 is 0 Å². The van der Waals surface area contributed by atoms with Gasteiger partial charge in [-0.2, -0.15) is 0 Å². The van der Waals surface area contributed by atoms with Gasteiger partial charge in [-0.25, -0.2) is 4.98 Å². The summed E-state index contributed by atoms with van der Waals surface area (Å²) in [6.07, 6.45) is 0. The molecule has 0 aliphatic rings. The van der Waals surface area contributed by atoms with Crippen LogP contribution >= 0.6 is 15.9 Å². The number of anilines is 3. The van der Waals surface area contributed by atoms with E-state index in [0.29, 0.717) is 12.4 Å². The summed E-state index contributed by atoms with van der Waals surface area (Å²) >= 11 is 3.36. The maximum atomic E-state index is 11.0. The lowest BCUT2D eigenvalue weighted by Gasteiger charge is -2.09. The highest BCUT2D eigenvalue weighted by molar-refractivity contribution is 9.10. The number of nitrogens with one attached hydrogen (secondary N) is 2. The molecule has 0 aliphatic carbocycles. The van der Waals surface area contributed by atoms with Gasteiger partial charge in [0.25, 0.3) is 0 Å². The summed E-state index contributed by atoms with van der Waals surface area (Å²) in [5.74, 6) is 0.808. The first kappa shape index (κ1) is 14.3. The number of rotatable bonds is 5. The maximum absolute atomic E-state index is 11.0. The molecule has 0 aliphatic heterocycles. The molecule has 0 fully saturated rings. The topological polar surface area (TPSA) is 80.1 Å². The van der Waals surface area contributed by atoms with Gasteiger partial charge in [-0.15, -0.1) is 0 Å². The first-order valence-corrected chi connectivity index (χ1v) is 6.81. The molecule has 1 heterocycles. The minimum Gasteiger partial charge on any atom is -0.370 e. The van der Waals surface area contributed by atoms with E-state index in [-0.39, 0.29) is 11.5 Å². The minimum atomic E-state index is -0.455. The van der Waals surface area contributed by atoms with Crippen LogP contribution in [0.25, 0.3) is 0 Å². The Morgan fingerprint density at radius 3 is 2.80 bits per heavy atom. The second-order valence-electron chi connectivity index (χ2n) is 3.99. The van der Waals surface area contributed by atoms with Crippen molar-refractivity contribution in [2.24, 2.45) is 0 Å². The summed E-state index contributed by atoms with van der Waals surface area (Å²) in [5, 5.41) is 17.0. The van der Waals surface area contributed by atoms with Crippen LogP contribution in [-0.4, -0.2) is 16.5 Å². The molecule has 0 unspecified atom stereocenters. The third kappa shape index (κ3) is 3.45. The minimum absolute atomic E-state index is 0.0633. The number of halogens is 1. The number of aromatic nitrogens is 1. The van der Waals surface area contributed by atoms with Crippen molar-refractivity contribution in [1.82, 2.24) is 4.98 Å². The van der Waals surface area contributed by atoms with E-state index in [1.807, 2.05) is 31.2 Å². The molecular weight excluding hydrogens is 324 g/mol. The van der Waals surface area contributed by atoms with Crippen LogP contribution in [0.15, 0.2) is 40.9 Å². The molecular formula is C13H13BrN4O2. The van der Waals surface area contributed by atoms with Gasteiger partial charge < -0.3 is 10.6 Å². The Hall–Kier alpha value is -2.15. The molecule has 2 N–H and O–H groups in total. The zero-order valence-electron chi connectivity index (χ0n) is 10.8. The predicted molar refractivity (Wildman–Crippen MR) is 82.5 cm³/mol. The fourth-order valence-electron chi connectivity index (χ4n) is 1.67. The van der Waals surface area contributed by atoms with Crippen molar-refractivity contribution in [1.29, 1.82) is 0 Å². The van der Waals surface area contributed by atoms with Crippen LogP contribution in [0, 0.1) is 10.1 Å². The number of benzene rings is 1. The average Bonchev–Trinajstić information content (AvgIpc) is 2.39. The Balaban J connectivity index is 2.36. The van der Waals surface area contributed by atoms with E-state index < -0.39 is 4.92 Å². The lowest BCUT2D eigenvalue weighted by atomic mass is 10.3. The van der Waals surface area contributed by atoms with Crippen molar-refractivity contribution in [2.45, 2.75) is 6.92 Å². The molecule has 0 atom stereocenters. The summed E-state index contributed by atoms with van der Waals surface area (Å²) in [6, 6.07) is 10.4. The van der Waals surface area contributed by atoms with Gasteiger partial charge in [0.2, 0.25) is 5.82 Å². The van der Waals surface area contributed by atoms with Crippen molar-refractivity contribution in [3.63, 3.8) is 0 Å². The van der Waals surface area contributed by atoms with E-state index in [4.69, 9.17) is 0 Å². The molecule has 2 rings (SSSR count). The SMILES string of the molecule is CCNc1ccc([N+](=O)[O-])c(Nc2cccc(Br)c2)n1. The largest absolute Gasteiger partial charge is 0.370 e. The van der Waals surface area contributed by atoms with Crippen LogP contribution in [0.2, 0.25) is 0 Å². The molecule has 0 spiro atoms. The number of pyridine rings is 1. The van der Waals surface area contributed by atoms with E-state index in [9.17, 15) is 10.1 Å². The van der Waals surface area contributed by atoms with Gasteiger partial charge in [0.05, 0.1) is 4.92 Å². The Morgan fingerprint density at radius 1 is 1.35 bits per heavy atom. The summed E-state index contributed by atoms with van der Waals surface area (Å²) in [6.45, 7) is 2.63. The van der Waals surface area contributed by atoms with Gasteiger partial charge >= 0.3 is 5.69 Å². The molecule has 2 aromatic rings. The molecule has 0 radical (unpaired) electrons. The van der Waals surface area contributed by atoms with Gasteiger partial charge in [-0.3, -0.25) is 10.1 Å². The monoisotopic (exact) mass is 336 g/mol. The van der Waals surface area contributed by atoms with Gasteiger partial charge in [0, 0.05) is 22.8 Å². The molecule has 6 nitrogen and oxygen atoms in total. The normalized spacial score (nSPS) is 10.1. The average molecular weight is 337 g/mol. The Bertz CT molecular complexity index is 634. The number of nitrogens with zero attached hydrogens (tertiary/aromatic N) is 2. The Kier molecular flexibility index (Phi) is 4.52. The number of hydrogen-bond acceptors (Lipinski definition) is 5. The van der Waals surface area contributed by atoms with E-state index in [0.717, 1.165) is 10.2 Å². The van der Waals surface area contributed by atoms with Gasteiger partial charge in [-0.05, 0) is 31.2 Å². The molecule has 1 aromatic heterocycles. The maximum Gasteiger partial charge on any atom is 0.311 e. The highest BCUT2D eigenvalue weighted by atomic mass is 79.9. The second-order valence-corrected chi connectivity index (χ2v) is 4.90. The zero-order chi connectivity index (χ0) is 14.5. The fraction of sp³-hybridized carbons (Fsp3) is 0.154. The van der Waals surface area contributed by atoms with Crippen LogP contribution in [0.1, 0.15) is 6.92 Å². The van der Waals surface area contributed by atoms with Crippen LogP contribution in [0.5, 0.6) is 0 Å². The lowest BCUT2D eigenvalue weighted by molar-refractivity contribution is -0.384. The summed E-state index contributed by atoms with van der Waals surface area (Å²) in [5.41, 5.74) is 0.662. The Morgan fingerprint density at radius 2 is 2.15 bits per heavy atom. The molecule has 20 heavy (non-hydrogen) atoms. The summed E-state index contributed by atoms with van der Waals surface area (Å²) in [4.78, 5) is 14.8. The van der Waals surface area contributed by atoms with Crippen molar-refractivity contribution in [3.8, 4) is 0 Å². The third-order valence-electron chi connectivity index (χ3n) is 2.52. The van der Waals surface area contributed by atoms with Gasteiger partial charge in [-0.1, -0.05) is 22.0 Å². The van der Waals surface area contributed by atoms with Crippen molar-refractivity contribution < 1.29 is 4.92 Å². The quantitative estimate of drug-likeness (QED) is 0.638. The molecule has 104 valence electrons. The van der Waals surface area contributed by atoms with Crippen LogP contribution in [-0.2, 0) is 0 Å². The standard InChI is InChI=1S/C13H13BrN4O2/c1-2-15-12-7-6-11(18(19)20)13(17-12)16-10-5-3-4-9(14)8-10/h3-8H,2H2,1H3,(H2,15,16,17). The van der Waals surface area contributed by atoms with Gasteiger partial charge in [0.15, 0.2) is 0 Å². The van der Waals surface area contributed by atoms with Crippen molar-refractivity contribution >= 4 is 38.9 Å². The molecule has 7 heteroatoms. The predicted octanol–water partition coefficient (Wildman–Crippen LogP) is 3.93. The summed E-state index contributed by atoms with van der Waals surface area (Å²) in [7, 11) is 0. The van der Waals surface area contributed by atoms with Crippen molar-refractivity contribution in [3.05, 3.63) is 51.0 Å². The summed E-state index contributed by atoms with van der Waals surface area (Å²) < 4.78 is 0.882. The van der Waals surface area contributed by atoms with Gasteiger partial charge in [0.1, 0.15) is 5.82 Å². The van der Waals surface area contributed by atoms with Crippen LogP contribution in [0.4, 0.5) is 23.0 Å². The highest BCUT2D eigenvalue weighted by Gasteiger charge is 2.16. The first-order valence-electron chi connectivity index (χ1n) is 6.02. The number of nitro groups is 1. The molecule has 0 bridgehead atoms. The zero-order valence-corrected chi connectivity index (χ0v) is 12.3. The Labute approximate surface area is 124 Å². The molecule has 0 saturated carbocycles. The second kappa shape index (κ2) is 6.33. The number of hydrogen-bond donors (Lipinski definition) is 2. The first-order chi connectivity index (χ1) is 9.60. The van der Waals surface area contributed by atoms with E-state index in [1.165, 1.54) is 6.07 Å². The third-order valence-corrected chi connectivity index (χ3v) is 3.01. The molecule has 0 saturated heterocycles.